The maximum atomic E-state index is 13.8. The lowest BCUT2D eigenvalue weighted by Crippen LogP contribution is -2.36. The summed E-state index contributed by atoms with van der Waals surface area (Å²) in [4.78, 5) is 34.0. The molecule has 1 aliphatic heterocycles. The van der Waals surface area contributed by atoms with Crippen LogP contribution in [0.15, 0.2) is 101 Å². The van der Waals surface area contributed by atoms with Gasteiger partial charge in [0.15, 0.2) is 5.16 Å². The Hall–Kier alpha value is -4.43. The quantitative estimate of drug-likeness (QED) is 0.191. The standard InChI is InChI=1S/C32H26FN3O3S/c1-39-27-8-4-7-26(18-27)36-31(38)28-14-11-23(30(37)35-16-15-22-5-2-3-6-24(22)19-35)17-29(28)34-32(36)40-20-21-9-12-25(33)13-10-21/h2-14,17-18H,15-16,19-20H2,1H3. The first kappa shape index (κ1) is 25.8. The Kier molecular flexibility index (Phi) is 7.09. The third-order valence-electron chi connectivity index (χ3n) is 7.10. The van der Waals surface area contributed by atoms with Crippen LogP contribution < -0.4 is 10.3 Å². The Labute approximate surface area is 235 Å². The highest BCUT2D eigenvalue weighted by atomic mass is 32.2. The molecule has 0 N–H and O–H groups in total. The highest BCUT2D eigenvalue weighted by Crippen LogP contribution is 2.27. The van der Waals surface area contributed by atoms with Crippen molar-refractivity contribution >= 4 is 28.6 Å². The molecule has 8 heteroatoms. The summed E-state index contributed by atoms with van der Waals surface area (Å²) in [5.41, 5.74) is 4.64. The third kappa shape index (κ3) is 5.10. The molecule has 1 aliphatic rings. The first-order valence-corrected chi connectivity index (χ1v) is 13.9. The number of thioether (sulfide) groups is 1. The fourth-order valence-corrected chi connectivity index (χ4v) is 5.92. The lowest BCUT2D eigenvalue weighted by atomic mass is 9.99. The zero-order valence-electron chi connectivity index (χ0n) is 21.8. The van der Waals surface area contributed by atoms with E-state index in [1.165, 1.54) is 29.5 Å². The lowest BCUT2D eigenvalue weighted by molar-refractivity contribution is 0.0735. The number of benzene rings is 4. The molecule has 0 aliphatic carbocycles. The predicted octanol–water partition coefficient (Wildman–Crippen LogP) is 6.02. The second kappa shape index (κ2) is 11.0. The lowest BCUT2D eigenvalue weighted by Gasteiger charge is -2.29. The monoisotopic (exact) mass is 551 g/mol. The zero-order chi connectivity index (χ0) is 27.6. The molecule has 40 heavy (non-hydrogen) atoms. The predicted molar refractivity (Wildman–Crippen MR) is 155 cm³/mol. The number of hydrogen-bond acceptors (Lipinski definition) is 5. The Bertz CT molecular complexity index is 1790. The van der Waals surface area contributed by atoms with Crippen molar-refractivity contribution in [3.05, 3.63) is 129 Å². The summed E-state index contributed by atoms with van der Waals surface area (Å²) in [6, 6.07) is 26.8. The molecule has 6 nitrogen and oxygen atoms in total. The van der Waals surface area contributed by atoms with E-state index in [4.69, 9.17) is 9.72 Å². The van der Waals surface area contributed by atoms with Crippen LogP contribution in [0.25, 0.3) is 16.6 Å². The number of methoxy groups -OCH3 is 1. The molecular weight excluding hydrogens is 525 g/mol. The van der Waals surface area contributed by atoms with Gasteiger partial charge in [-0.3, -0.25) is 14.2 Å². The minimum absolute atomic E-state index is 0.0873. The molecule has 6 rings (SSSR count). The molecule has 0 spiro atoms. The summed E-state index contributed by atoms with van der Waals surface area (Å²) in [6.45, 7) is 1.19. The number of hydrogen-bond donors (Lipinski definition) is 0. The van der Waals surface area contributed by atoms with Crippen molar-refractivity contribution in [1.29, 1.82) is 0 Å². The normalized spacial score (nSPS) is 12.8. The van der Waals surface area contributed by atoms with Crippen LogP contribution in [0.1, 0.15) is 27.0 Å². The van der Waals surface area contributed by atoms with Gasteiger partial charge >= 0.3 is 0 Å². The van der Waals surface area contributed by atoms with Gasteiger partial charge in [0.1, 0.15) is 11.6 Å². The van der Waals surface area contributed by atoms with E-state index in [2.05, 4.69) is 12.1 Å². The highest BCUT2D eigenvalue weighted by molar-refractivity contribution is 7.98. The van der Waals surface area contributed by atoms with Crippen molar-refractivity contribution in [2.24, 2.45) is 0 Å². The first-order chi connectivity index (χ1) is 19.5. The van der Waals surface area contributed by atoms with Crippen LogP contribution in [0, 0.1) is 5.82 Å². The molecule has 0 bridgehead atoms. The third-order valence-corrected chi connectivity index (χ3v) is 8.11. The first-order valence-electron chi connectivity index (χ1n) is 12.9. The number of nitrogens with zero attached hydrogens (tertiary/aromatic N) is 3. The van der Waals surface area contributed by atoms with Gasteiger partial charge < -0.3 is 9.64 Å². The number of fused-ring (bicyclic) bond motifs is 2. The minimum atomic E-state index is -0.305. The summed E-state index contributed by atoms with van der Waals surface area (Å²) in [7, 11) is 1.57. The van der Waals surface area contributed by atoms with Crippen LogP contribution in [0.4, 0.5) is 4.39 Å². The van der Waals surface area contributed by atoms with E-state index in [0.717, 1.165) is 17.5 Å². The van der Waals surface area contributed by atoms with Crippen LogP contribution >= 0.6 is 11.8 Å². The second-order valence-corrected chi connectivity index (χ2v) is 10.6. The Morgan fingerprint density at radius 3 is 2.58 bits per heavy atom. The molecule has 1 aromatic heterocycles. The summed E-state index contributed by atoms with van der Waals surface area (Å²) in [6.07, 6.45) is 0.809. The topological polar surface area (TPSA) is 64.4 Å². The fraction of sp³-hybridized carbons (Fsp3) is 0.156. The zero-order valence-corrected chi connectivity index (χ0v) is 22.7. The van der Waals surface area contributed by atoms with Crippen molar-refractivity contribution in [2.45, 2.75) is 23.9 Å². The van der Waals surface area contributed by atoms with Crippen LogP contribution in [0.3, 0.4) is 0 Å². The van der Waals surface area contributed by atoms with Crippen molar-refractivity contribution in [1.82, 2.24) is 14.5 Å². The average molecular weight is 552 g/mol. The van der Waals surface area contributed by atoms with E-state index >= 15 is 0 Å². The van der Waals surface area contributed by atoms with Gasteiger partial charge in [0.25, 0.3) is 11.5 Å². The molecule has 0 saturated heterocycles. The number of carbonyl (C=O) groups excluding carboxylic acids is 1. The number of carbonyl (C=O) groups is 1. The van der Waals surface area contributed by atoms with E-state index < -0.39 is 0 Å². The van der Waals surface area contributed by atoms with Gasteiger partial charge in [0.2, 0.25) is 0 Å². The second-order valence-electron chi connectivity index (χ2n) is 9.63. The van der Waals surface area contributed by atoms with E-state index in [-0.39, 0.29) is 17.3 Å². The van der Waals surface area contributed by atoms with Crippen LogP contribution in [-0.4, -0.2) is 34.0 Å². The number of rotatable bonds is 6. The maximum absolute atomic E-state index is 13.8. The Morgan fingerprint density at radius 1 is 0.975 bits per heavy atom. The van der Waals surface area contributed by atoms with Gasteiger partial charge in [0.05, 0.1) is 23.7 Å². The number of amides is 1. The summed E-state index contributed by atoms with van der Waals surface area (Å²) >= 11 is 1.37. The molecule has 0 unspecified atom stereocenters. The van der Waals surface area contributed by atoms with Crippen molar-refractivity contribution in [2.75, 3.05) is 13.7 Å². The van der Waals surface area contributed by atoms with Crippen molar-refractivity contribution in [3.8, 4) is 11.4 Å². The molecule has 4 aromatic carbocycles. The average Bonchev–Trinajstić information content (AvgIpc) is 3.00. The number of halogens is 1. The Balaban J connectivity index is 1.39. The maximum Gasteiger partial charge on any atom is 0.266 e. The smallest absolute Gasteiger partial charge is 0.266 e. The minimum Gasteiger partial charge on any atom is -0.497 e. The fourth-order valence-electron chi connectivity index (χ4n) is 4.95. The molecule has 5 aromatic rings. The molecule has 200 valence electrons. The molecular formula is C32H26FN3O3S. The molecule has 0 radical (unpaired) electrons. The molecule has 1 amide bonds. The molecule has 0 saturated carbocycles. The van der Waals surface area contributed by atoms with E-state index in [1.54, 1.807) is 48.1 Å². The van der Waals surface area contributed by atoms with Gasteiger partial charge in [-0.05, 0) is 65.6 Å². The van der Waals surface area contributed by atoms with Crippen LogP contribution in [-0.2, 0) is 18.7 Å². The van der Waals surface area contributed by atoms with Gasteiger partial charge in [-0.25, -0.2) is 9.37 Å². The van der Waals surface area contributed by atoms with Crippen LogP contribution in [0.2, 0.25) is 0 Å². The molecule has 2 heterocycles. The van der Waals surface area contributed by atoms with E-state index in [9.17, 15) is 14.0 Å². The van der Waals surface area contributed by atoms with Gasteiger partial charge in [-0.1, -0.05) is 54.2 Å². The highest BCUT2D eigenvalue weighted by Gasteiger charge is 2.23. The van der Waals surface area contributed by atoms with E-state index in [1.807, 2.05) is 35.2 Å². The summed E-state index contributed by atoms with van der Waals surface area (Å²) in [5, 5.41) is 0.876. The summed E-state index contributed by atoms with van der Waals surface area (Å²) < 4.78 is 20.4. The number of aromatic nitrogens is 2. The molecule has 0 atom stereocenters. The van der Waals surface area contributed by atoms with Crippen LogP contribution in [0.5, 0.6) is 5.75 Å². The van der Waals surface area contributed by atoms with Crippen molar-refractivity contribution in [3.63, 3.8) is 0 Å². The van der Waals surface area contributed by atoms with Gasteiger partial charge in [0, 0.05) is 30.5 Å². The number of ether oxygens (including phenoxy) is 1. The Morgan fingerprint density at radius 2 is 1.77 bits per heavy atom. The largest absolute Gasteiger partial charge is 0.497 e. The molecule has 0 fully saturated rings. The van der Waals surface area contributed by atoms with Crippen molar-refractivity contribution < 1.29 is 13.9 Å². The summed E-state index contributed by atoms with van der Waals surface area (Å²) in [5.74, 6) is 0.701. The van der Waals surface area contributed by atoms with Gasteiger partial charge in [-0.2, -0.15) is 0 Å². The SMILES string of the molecule is COc1cccc(-n2c(SCc3ccc(F)cc3)nc3cc(C(=O)N4CCc5ccccc5C4)ccc3c2=O)c1. The van der Waals surface area contributed by atoms with Gasteiger partial charge in [-0.15, -0.1) is 0 Å². The van der Waals surface area contributed by atoms with E-state index in [0.29, 0.717) is 51.9 Å².